The molecule has 0 aliphatic carbocycles. The van der Waals surface area contributed by atoms with E-state index in [1.807, 2.05) is 25.2 Å². The molecule has 0 aromatic heterocycles. The van der Waals surface area contributed by atoms with Crippen molar-refractivity contribution in [3.8, 4) is 6.07 Å². The van der Waals surface area contributed by atoms with Crippen molar-refractivity contribution in [1.29, 1.82) is 5.26 Å². The van der Waals surface area contributed by atoms with E-state index in [9.17, 15) is 0 Å². The van der Waals surface area contributed by atoms with Gasteiger partial charge in [-0.3, -0.25) is 0 Å². The average Bonchev–Trinajstić information content (AvgIpc) is 2.16. The molecular formula is C10H11BrN2. The molecule has 1 unspecified atom stereocenters. The quantitative estimate of drug-likeness (QED) is 0.860. The largest absolute Gasteiger partial charge is 0.313 e. The van der Waals surface area contributed by atoms with Crippen LogP contribution in [0.3, 0.4) is 0 Å². The molecule has 0 aliphatic heterocycles. The number of nitriles is 1. The lowest BCUT2D eigenvalue weighted by molar-refractivity contribution is 0.649. The van der Waals surface area contributed by atoms with Crippen molar-refractivity contribution < 1.29 is 0 Å². The second-order valence-corrected chi connectivity index (χ2v) is 3.71. The van der Waals surface area contributed by atoms with E-state index < -0.39 is 0 Å². The summed E-state index contributed by atoms with van der Waals surface area (Å²) in [7, 11) is 1.91. The predicted molar refractivity (Wildman–Crippen MR) is 56.3 cm³/mol. The molecule has 1 rings (SSSR count). The third kappa shape index (κ3) is 2.30. The fourth-order valence-electron chi connectivity index (χ4n) is 1.10. The number of benzene rings is 1. The van der Waals surface area contributed by atoms with Crippen LogP contribution in [0.4, 0.5) is 0 Å². The molecule has 0 amide bonds. The number of halogens is 1. The van der Waals surface area contributed by atoms with Crippen LogP contribution in [-0.4, -0.2) is 7.05 Å². The van der Waals surface area contributed by atoms with Gasteiger partial charge < -0.3 is 5.32 Å². The van der Waals surface area contributed by atoms with Crippen LogP contribution in [0, 0.1) is 11.3 Å². The Labute approximate surface area is 86.7 Å². The molecule has 0 bridgehead atoms. The molecule has 3 heteroatoms. The van der Waals surface area contributed by atoms with Crippen molar-refractivity contribution in [2.75, 3.05) is 7.05 Å². The van der Waals surface area contributed by atoms with Gasteiger partial charge in [0.25, 0.3) is 0 Å². The van der Waals surface area contributed by atoms with Gasteiger partial charge in [-0.15, -0.1) is 0 Å². The predicted octanol–water partition coefficient (Wildman–Crippen LogP) is 2.60. The van der Waals surface area contributed by atoms with E-state index in [0.717, 1.165) is 4.47 Å². The van der Waals surface area contributed by atoms with E-state index in [0.29, 0.717) is 11.6 Å². The van der Waals surface area contributed by atoms with Crippen molar-refractivity contribution in [2.24, 2.45) is 0 Å². The Kier molecular flexibility index (Phi) is 3.47. The van der Waals surface area contributed by atoms with Gasteiger partial charge >= 0.3 is 0 Å². The summed E-state index contributed by atoms with van der Waals surface area (Å²) in [4.78, 5) is 0. The second kappa shape index (κ2) is 4.40. The normalized spacial score (nSPS) is 12.2. The minimum absolute atomic E-state index is 0.294. The number of nitrogens with zero attached hydrogens (tertiary/aromatic N) is 1. The van der Waals surface area contributed by atoms with Crippen LogP contribution < -0.4 is 5.32 Å². The van der Waals surface area contributed by atoms with Crippen molar-refractivity contribution >= 4 is 15.9 Å². The molecule has 0 heterocycles. The molecule has 13 heavy (non-hydrogen) atoms. The maximum absolute atomic E-state index is 8.66. The van der Waals surface area contributed by atoms with Gasteiger partial charge in [-0.05, 0) is 31.7 Å². The molecular weight excluding hydrogens is 228 g/mol. The van der Waals surface area contributed by atoms with Gasteiger partial charge in [0.2, 0.25) is 0 Å². The zero-order chi connectivity index (χ0) is 9.84. The number of rotatable bonds is 2. The Morgan fingerprint density at radius 3 is 2.69 bits per heavy atom. The fourth-order valence-corrected chi connectivity index (χ4v) is 1.83. The van der Waals surface area contributed by atoms with E-state index >= 15 is 0 Å². The average molecular weight is 239 g/mol. The fraction of sp³-hybridized carbons (Fsp3) is 0.300. The topological polar surface area (TPSA) is 35.8 Å². The summed E-state index contributed by atoms with van der Waals surface area (Å²) >= 11 is 3.44. The Morgan fingerprint density at radius 1 is 1.54 bits per heavy atom. The molecule has 1 atom stereocenters. The lowest BCUT2D eigenvalue weighted by Crippen LogP contribution is -2.12. The molecule has 1 N–H and O–H groups in total. The molecule has 0 fully saturated rings. The van der Waals surface area contributed by atoms with Crippen LogP contribution in [0.5, 0.6) is 0 Å². The molecule has 68 valence electrons. The number of nitrogens with one attached hydrogen (secondary N) is 1. The monoisotopic (exact) mass is 238 g/mol. The number of hydrogen-bond acceptors (Lipinski definition) is 2. The maximum atomic E-state index is 8.66. The molecule has 0 saturated heterocycles. The minimum atomic E-state index is 0.294. The highest BCUT2D eigenvalue weighted by atomic mass is 79.9. The van der Waals surface area contributed by atoms with Gasteiger partial charge in [0.1, 0.15) is 0 Å². The van der Waals surface area contributed by atoms with E-state index in [2.05, 4.69) is 34.2 Å². The van der Waals surface area contributed by atoms with Gasteiger partial charge in [0.05, 0.1) is 11.6 Å². The van der Waals surface area contributed by atoms with Crippen LogP contribution >= 0.6 is 15.9 Å². The third-order valence-electron chi connectivity index (χ3n) is 2.03. The highest BCUT2D eigenvalue weighted by molar-refractivity contribution is 9.10. The zero-order valence-electron chi connectivity index (χ0n) is 7.63. The van der Waals surface area contributed by atoms with Crippen LogP contribution in [0.1, 0.15) is 24.1 Å². The summed E-state index contributed by atoms with van der Waals surface area (Å²) in [5.41, 5.74) is 1.85. The highest BCUT2D eigenvalue weighted by Gasteiger charge is 2.06. The zero-order valence-corrected chi connectivity index (χ0v) is 9.22. The molecule has 0 spiro atoms. The van der Waals surface area contributed by atoms with Gasteiger partial charge in [0, 0.05) is 10.5 Å². The van der Waals surface area contributed by atoms with Crippen LogP contribution in [0.25, 0.3) is 0 Å². The summed E-state index contributed by atoms with van der Waals surface area (Å²) in [5.74, 6) is 0. The first-order valence-corrected chi connectivity index (χ1v) is 4.85. The van der Waals surface area contributed by atoms with Crippen molar-refractivity contribution in [2.45, 2.75) is 13.0 Å². The van der Waals surface area contributed by atoms with Crippen molar-refractivity contribution in [3.05, 3.63) is 33.8 Å². The number of hydrogen-bond donors (Lipinski definition) is 1. The minimum Gasteiger partial charge on any atom is -0.313 e. The van der Waals surface area contributed by atoms with E-state index in [4.69, 9.17) is 5.26 Å². The lowest BCUT2D eigenvalue weighted by atomic mass is 10.1. The van der Waals surface area contributed by atoms with E-state index in [1.165, 1.54) is 5.56 Å². The van der Waals surface area contributed by atoms with E-state index in [-0.39, 0.29) is 0 Å². The van der Waals surface area contributed by atoms with Crippen LogP contribution in [0.2, 0.25) is 0 Å². The smallest absolute Gasteiger partial charge is 0.0992 e. The summed E-state index contributed by atoms with van der Waals surface area (Å²) in [6.07, 6.45) is 0. The first-order valence-electron chi connectivity index (χ1n) is 4.06. The van der Waals surface area contributed by atoms with Gasteiger partial charge in [-0.1, -0.05) is 22.0 Å². The SMILES string of the molecule is CNC(C)c1ccc(C#N)cc1Br. The summed E-state index contributed by atoms with van der Waals surface area (Å²) in [5, 5.41) is 11.8. The van der Waals surface area contributed by atoms with Crippen LogP contribution in [-0.2, 0) is 0 Å². The Bertz CT molecular complexity index is 341. The highest BCUT2D eigenvalue weighted by Crippen LogP contribution is 2.23. The van der Waals surface area contributed by atoms with Crippen molar-refractivity contribution in [1.82, 2.24) is 5.32 Å². The maximum Gasteiger partial charge on any atom is 0.0992 e. The first-order chi connectivity index (χ1) is 6.19. The Balaban J connectivity index is 3.07. The molecule has 0 aliphatic rings. The first kappa shape index (κ1) is 10.2. The summed E-state index contributed by atoms with van der Waals surface area (Å²) < 4.78 is 0.980. The molecule has 2 nitrogen and oxygen atoms in total. The van der Waals surface area contributed by atoms with E-state index in [1.54, 1.807) is 0 Å². The van der Waals surface area contributed by atoms with Gasteiger partial charge in [-0.25, -0.2) is 0 Å². The standard InChI is InChI=1S/C10H11BrN2/c1-7(13-2)9-4-3-8(6-12)5-10(9)11/h3-5,7,13H,1-2H3. The Hall–Kier alpha value is -0.850. The molecule has 1 aromatic rings. The Morgan fingerprint density at radius 2 is 2.23 bits per heavy atom. The lowest BCUT2D eigenvalue weighted by Gasteiger charge is -2.12. The molecule has 0 saturated carbocycles. The summed E-state index contributed by atoms with van der Waals surface area (Å²) in [6.45, 7) is 2.08. The van der Waals surface area contributed by atoms with Crippen molar-refractivity contribution in [3.63, 3.8) is 0 Å². The third-order valence-corrected chi connectivity index (χ3v) is 2.72. The van der Waals surface area contributed by atoms with Gasteiger partial charge in [0.15, 0.2) is 0 Å². The molecule has 1 aromatic carbocycles. The van der Waals surface area contributed by atoms with Crippen LogP contribution in [0.15, 0.2) is 22.7 Å². The summed E-state index contributed by atoms with van der Waals surface area (Å²) in [6, 6.07) is 8.02. The molecule has 0 radical (unpaired) electrons. The van der Waals surface area contributed by atoms with Gasteiger partial charge in [-0.2, -0.15) is 5.26 Å². The second-order valence-electron chi connectivity index (χ2n) is 2.86.